The summed E-state index contributed by atoms with van der Waals surface area (Å²) >= 11 is 1.65. The van der Waals surface area contributed by atoms with Crippen LogP contribution in [-0.2, 0) is 4.79 Å². The predicted molar refractivity (Wildman–Crippen MR) is 92.7 cm³/mol. The average Bonchev–Trinajstić information content (AvgIpc) is 2.75. The number of aliphatic hydroxyl groups excluding tert-OH is 1. The molecule has 0 aromatic carbocycles. The second-order valence-corrected chi connectivity index (χ2v) is 7.50. The predicted octanol–water partition coefficient (Wildman–Crippen LogP) is 3.24. The van der Waals surface area contributed by atoms with Crippen LogP contribution < -0.4 is 5.32 Å². The number of carbonyl (C=O) groups is 1. The molecule has 5 heteroatoms. The molecule has 0 radical (unpaired) electrons. The summed E-state index contributed by atoms with van der Waals surface area (Å²) in [5, 5.41) is 13.3. The van der Waals surface area contributed by atoms with Gasteiger partial charge in [0.1, 0.15) is 0 Å². The molecule has 0 aliphatic heterocycles. The maximum atomic E-state index is 12.4. The van der Waals surface area contributed by atoms with E-state index in [1.165, 1.54) is 35.3 Å². The van der Waals surface area contributed by atoms with Crippen molar-refractivity contribution < 1.29 is 9.90 Å². The highest BCUT2D eigenvalue weighted by Crippen LogP contribution is 2.31. The Morgan fingerprint density at radius 3 is 2.45 bits per heavy atom. The quantitative estimate of drug-likeness (QED) is 0.844. The second kappa shape index (κ2) is 8.09. The first kappa shape index (κ1) is 17.4. The molecule has 2 rings (SSSR count). The van der Waals surface area contributed by atoms with Crippen LogP contribution in [-0.4, -0.2) is 41.7 Å². The largest absolute Gasteiger partial charge is 0.395 e. The van der Waals surface area contributed by atoms with E-state index in [1.54, 1.807) is 11.3 Å². The minimum absolute atomic E-state index is 0.0309. The van der Waals surface area contributed by atoms with Crippen molar-refractivity contribution in [2.75, 3.05) is 25.0 Å². The Hall–Kier alpha value is -0.910. The molecule has 1 saturated carbocycles. The van der Waals surface area contributed by atoms with Crippen LogP contribution >= 0.6 is 11.3 Å². The fraction of sp³-hybridized carbons (Fsp3) is 0.706. The van der Waals surface area contributed by atoms with Gasteiger partial charge in [0.25, 0.3) is 0 Å². The van der Waals surface area contributed by atoms with E-state index in [0.717, 1.165) is 17.8 Å². The monoisotopic (exact) mass is 324 g/mol. The number of aliphatic hydroxyl groups is 1. The highest BCUT2D eigenvalue weighted by atomic mass is 32.1. The van der Waals surface area contributed by atoms with Crippen LogP contribution in [0.2, 0.25) is 0 Å². The Morgan fingerprint density at radius 2 is 1.91 bits per heavy atom. The lowest BCUT2D eigenvalue weighted by Gasteiger charge is -2.33. The summed E-state index contributed by atoms with van der Waals surface area (Å²) in [6, 6.07) is 0.444. The third-order valence-corrected chi connectivity index (χ3v) is 5.99. The van der Waals surface area contributed by atoms with E-state index in [9.17, 15) is 9.90 Å². The number of carbonyl (C=O) groups excluding carboxylic acids is 1. The van der Waals surface area contributed by atoms with Gasteiger partial charge in [-0.2, -0.15) is 0 Å². The lowest BCUT2D eigenvalue weighted by Crippen LogP contribution is -2.43. The minimum atomic E-state index is 0.0309. The Morgan fingerprint density at radius 1 is 1.23 bits per heavy atom. The summed E-state index contributed by atoms with van der Waals surface area (Å²) < 4.78 is 0. The Labute approximate surface area is 137 Å². The Kier molecular flexibility index (Phi) is 6.41. The van der Waals surface area contributed by atoms with Crippen LogP contribution in [0.25, 0.3) is 0 Å². The Bertz CT molecular complexity index is 507. The fourth-order valence-corrected chi connectivity index (χ4v) is 4.26. The molecule has 1 amide bonds. The van der Waals surface area contributed by atoms with Gasteiger partial charge >= 0.3 is 0 Å². The molecule has 1 aromatic rings. The van der Waals surface area contributed by atoms with Crippen LogP contribution in [0.3, 0.4) is 0 Å². The van der Waals surface area contributed by atoms with Gasteiger partial charge < -0.3 is 10.4 Å². The average molecular weight is 324 g/mol. The minimum Gasteiger partial charge on any atom is -0.395 e. The van der Waals surface area contributed by atoms with Crippen molar-refractivity contribution in [2.45, 2.75) is 58.9 Å². The number of anilines is 1. The van der Waals surface area contributed by atoms with Crippen molar-refractivity contribution in [3.8, 4) is 0 Å². The van der Waals surface area contributed by atoms with Crippen LogP contribution in [0.1, 0.15) is 48.1 Å². The number of nitrogens with one attached hydrogen (secondary N) is 1. The molecular weight excluding hydrogens is 296 g/mol. The van der Waals surface area contributed by atoms with Crippen molar-refractivity contribution in [2.24, 2.45) is 0 Å². The van der Waals surface area contributed by atoms with Crippen LogP contribution in [0.15, 0.2) is 0 Å². The third kappa shape index (κ3) is 4.31. The molecule has 22 heavy (non-hydrogen) atoms. The van der Waals surface area contributed by atoms with E-state index in [0.29, 0.717) is 19.1 Å². The molecule has 1 aromatic heterocycles. The van der Waals surface area contributed by atoms with Crippen LogP contribution in [0, 0.1) is 20.8 Å². The standard InChI is InChI=1S/C17H28N2O2S/c1-12-13(2)17(22-14(12)3)18-16(21)11-19(9-10-20)15-7-5-4-6-8-15/h15,20H,4-11H2,1-3H3,(H,18,21). The lowest BCUT2D eigenvalue weighted by atomic mass is 9.94. The highest BCUT2D eigenvalue weighted by Gasteiger charge is 2.23. The van der Waals surface area contributed by atoms with Gasteiger partial charge in [0, 0.05) is 17.5 Å². The normalized spacial score (nSPS) is 16.2. The zero-order chi connectivity index (χ0) is 16.1. The van der Waals surface area contributed by atoms with Gasteiger partial charge in [0.05, 0.1) is 18.2 Å². The van der Waals surface area contributed by atoms with Crippen molar-refractivity contribution in [1.29, 1.82) is 0 Å². The highest BCUT2D eigenvalue weighted by molar-refractivity contribution is 7.16. The lowest BCUT2D eigenvalue weighted by molar-refractivity contribution is -0.118. The summed E-state index contributed by atoms with van der Waals surface area (Å²) in [6.07, 6.45) is 6.04. The van der Waals surface area contributed by atoms with E-state index in [2.05, 4.69) is 31.0 Å². The summed E-state index contributed by atoms with van der Waals surface area (Å²) in [4.78, 5) is 15.8. The number of nitrogens with zero attached hydrogens (tertiary/aromatic N) is 1. The van der Waals surface area contributed by atoms with Gasteiger partial charge in [-0.25, -0.2) is 0 Å². The molecule has 1 heterocycles. The topological polar surface area (TPSA) is 52.6 Å². The van der Waals surface area contributed by atoms with Crippen LogP contribution in [0.4, 0.5) is 5.00 Å². The summed E-state index contributed by atoms with van der Waals surface area (Å²) in [7, 11) is 0. The molecule has 0 saturated heterocycles. The third-order valence-electron chi connectivity index (χ3n) is 4.76. The zero-order valence-electron chi connectivity index (χ0n) is 13.9. The zero-order valence-corrected chi connectivity index (χ0v) is 14.8. The van der Waals surface area contributed by atoms with Crippen LogP contribution in [0.5, 0.6) is 0 Å². The number of hydrogen-bond acceptors (Lipinski definition) is 4. The van der Waals surface area contributed by atoms with E-state index < -0.39 is 0 Å². The number of hydrogen-bond donors (Lipinski definition) is 2. The van der Waals surface area contributed by atoms with Gasteiger partial charge in [-0.3, -0.25) is 9.69 Å². The molecule has 0 bridgehead atoms. The Balaban J connectivity index is 1.96. The first-order chi connectivity index (χ1) is 10.5. The molecule has 1 aliphatic carbocycles. The summed E-state index contributed by atoms with van der Waals surface area (Å²) in [5.41, 5.74) is 2.43. The van der Waals surface area contributed by atoms with Gasteiger partial charge in [-0.05, 0) is 44.7 Å². The van der Waals surface area contributed by atoms with E-state index >= 15 is 0 Å². The van der Waals surface area contributed by atoms with Crippen molar-refractivity contribution >= 4 is 22.2 Å². The number of rotatable bonds is 6. The van der Waals surface area contributed by atoms with Gasteiger partial charge in [0.15, 0.2) is 0 Å². The molecular formula is C17H28N2O2S. The smallest absolute Gasteiger partial charge is 0.239 e. The molecule has 2 N–H and O–H groups in total. The SMILES string of the molecule is Cc1sc(NC(=O)CN(CCO)C2CCCCC2)c(C)c1C. The van der Waals surface area contributed by atoms with Crippen molar-refractivity contribution in [1.82, 2.24) is 4.90 Å². The van der Waals surface area contributed by atoms with Gasteiger partial charge in [0.2, 0.25) is 5.91 Å². The summed E-state index contributed by atoms with van der Waals surface area (Å²) in [5.74, 6) is 0.0309. The van der Waals surface area contributed by atoms with E-state index in [1.807, 2.05) is 0 Å². The van der Waals surface area contributed by atoms with Crippen molar-refractivity contribution in [3.05, 3.63) is 16.0 Å². The van der Waals surface area contributed by atoms with Gasteiger partial charge in [-0.1, -0.05) is 19.3 Å². The first-order valence-electron chi connectivity index (χ1n) is 8.24. The van der Waals surface area contributed by atoms with E-state index in [-0.39, 0.29) is 12.5 Å². The first-order valence-corrected chi connectivity index (χ1v) is 9.06. The molecule has 0 unspecified atom stereocenters. The molecule has 4 nitrogen and oxygen atoms in total. The number of thiophene rings is 1. The fourth-order valence-electron chi connectivity index (χ4n) is 3.18. The van der Waals surface area contributed by atoms with Gasteiger partial charge in [-0.15, -0.1) is 11.3 Å². The summed E-state index contributed by atoms with van der Waals surface area (Å²) in [6.45, 7) is 7.31. The number of aryl methyl sites for hydroxylation is 1. The second-order valence-electron chi connectivity index (χ2n) is 6.27. The maximum absolute atomic E-state index is 12.4. The molecule has 1 aliphatic rings. The number of amides is 1. The maximum Gasteiger partial charge on any atom is 0.239 e. The molecule has 124 valence electrons. The molecule has 0 spiro atoms. The molecule has 0 atom stereocenters. The van der Waals surface area contributed by atoms with E-state index in [4.69, 9.17) is 0 Å². The molecule has 1 fully saturated rings. The van der Waals surface area contributed by atoms with Crippen molar-refractivity contribution in [3.63, 3.8) is 0 Å².